The van der Waals surface area contributed by atoms with Gasteiger partial charge in [0.2, 0.25) is 0 Å². The number of halogens is 4. The second-order valence-corrected chi connectivity index (χ2v) is 23.4. The van der Waals surface area contributed by atoms with Crippen LogP contribution in [0.1, 0.15) is 285 Å². The third kappa shape index (κ3) is 49.0. The van der Waals surface area contributed by atoms with E-state index in [-0.39, 0.29) is 49.6 Å². The third-order valence-electron chi connectivity index (χ3n) is 15.9. The Hall–Kier alpha value is -3.04. The number of hydrogen-bond acceptors (Lipinski definition) is 4. The van der Waals surface area contributed by atoms with Gasteiger partial charge in [-0.05, 0) is 99.9 Å². The normalized spacial score (nSPS) is 10.6. The summed E-state index contributed by atoms with van der Waals surface area (Å²) in [6.45, 7) is 17.5. The van der Waals surface area contributed by atoms with Gasteiger partial charge in [0.1, 0.15) is 0 Å². The minimum atomic E-state index is 0. The van der Waals surface area contributed by atoms with E-state index in [0.717, 1.165) is 73.8 Å². The molecule has 0 amide bonds. The molecule has 0 bridgehead atoms. The van der Waals surface area contributed by atoms with E-state index < -0.39 is 0 Å². The molecule has 4 aromatic heterocycles. The van der Waals surface area contributed by atoms with Crippen molar-refractivity contribution in [3.05, 3.63) is 120 Å². The Morgan fingerprint density at radius 3 is 0.512 bits per heavy atom. The Balaban J connectivity index is 0. The minimum absolute atomic E-state index is 0. The van der Waals surface area contributed by atoms with Crippen molar-refractivity contribution in [2.45, 2.75) is 311 Å². The van der Waals surface area contributed by atoms with Gasteiger partial charge >= 0.3 is 0 Å². The maximum Gasteiger partial charge on any atom is 0.0603 e. The maximum atomic E-state index is 4.74. The molecule has 4 heterocycles. The zero-order valence-electron chi connectivity index (χ0n) is 54.4. The van der Waals surface area contributed by atoms with Gasteiger partial charge in [0.15, 0.2) is 0 Å². The van der Waals surface area contributed by atoms with E-state index in [1.165, 1.54) is 257 Å². The van der Waals surface area contributed by atoms with Crippen LogP contribution in [0, 0.1) is 0 Å². The number of aryl methyl sites for hydroxylation is 4. The van der Waals surface area contributed by atoms with Crippen molar-refractivity contribution in [1.82, 2.24) is 18.3 Å². The second kappa shape index (κ2) is 63.0. The van der Waals surface area contributed by atoms with Crippen molar-refractivity contribution in [3.63, 3.8) is 0 Å². The molecule has 0 saturated carbocycles. The predicted molar refractivity (Wildman–Crippen MR) is 376 cm³/mol. The van der Waals surface area contributed by atoms with E-state index in [2.05, 4.69) is 144 Å². The van der Waals surface area contributed by atoms with Crippen molar-refractivity contribution >= 4 is 49.6 Å². The molecule has 0 saturated heterocycles. The van der Waals surface area contributed by atoms with Gasteiger partial charge < -0.3 is 18.3 Å². The number of hydrogen-bond donors (Lipinski definition) is 0. The Morgan fingerprint density at radius 2 is 0.345 bits per heavy atom. The molecular weight excluding hydrogens is 1120 g/mol. The summed E-state index contributed by atoms with van der Waals surface area (Å²) in [7, 11) is 0. The van der Waals surface area contributed by atoms with Crippen LogP contribution in [0.2, 0.25) is 0 Å². The van der Waals surface area contributed by atoms with Gasteiger partial charge in [0, 0.05) is 102 Å². The molecule has 0 aromatic carbocycles. The quantitative estimate of drug-likeness (QED) is 0.0396. The summed E-state index contributed by atoms with van der Waals surface area (Å²) < 4.78 is 9.27. The highest BCUT2D eigenvalue weighted by Crippen LogP contribution is 2.13. The average Bonchev–Trinajstić information content (AvgIpc) is 3.49. The van der Waals surface area contributed by atoms with Gasteiger partial charge in [0.05, 0.1) is 21.4 Å². The summed E-state index contributed by atoms with van der Waals surface area (Å²) in [6.07, 6.45) is 71.0. The second-order valence-electron chi connectivity index (χ2n) is 23.4. The molecule has 0 fully saturated rings. The molecule has 0 radical (unpaired) electrons. The highest BCUT2D eigenvalue weighted by molar-refractivity contribution is 5.86. The fourth-order valence-corrected chi connectivity index (χ4v) is 10.5. The molecule has 0 N–H and O–H groups in total. The smallest absolute Gasteiger partial charge is 0.0603 e. The van der Waals surface area contributed by atoms with Crippen LogP contribution in [0.15, 0.2) is 118 Å². The average molecular weight is 1250 g/mol. The molecule has 0 aliphatic heterocycles. The SMILES string of the molecule is CCCCCCCCN=c1ccn(CCCCCCCCCCn2ccc(=NCCCCCCCC)cc2)cc1.CCCCCCCCN=c1ccn(CCCCCCCCCCn2ccc(=NCCCCCCCC)cc2)cc1.Cl.Cl.Cl.Cl. The van der Waals surface area contributed by atoms with E-state index in [1.54, 1.807) is 0 Å². The molecular formula is C72H128Cl4N8. The van der Waals surface area contributed by atoms with Crippen LogP contribution in [0.4, 0.5) is 0 Å². The minimum Gasteiger partial charge on any atom is -0.354 e. The van der Waals surface area contributed by atoms with Gasteiger partial charge in [-0.2, -0.15) is 0 Å². The van der Waals surface area contributed by atoms with Crippen LogP contribution in [-0.4, -0.2) is 44.4 Å². The molecule has 0 unspecified atom stereocenters. The number of unbranched alkanes of at least 4 members (excludes halogenated alkanes) is 34. The fraction of sp³-hybridized carbons (Fsp3) is 0.722. The molecule has 4 rings (SSSR count). The molecule has 484 valence electrons. The number of aromatic nitrogens is 4. The van der Waals surface area contributed by atoms with Gasteiger partial charge in [-0.1, -0.05) is 233 Å². The summed E-state index contributed by atoms with van der Waals surface area (Å²) >= 11 is 0. The maximum absolute atomic E-state index is 4.74. The lowest BCUT2D eigenvalue weighted by molar-refractivity contribution is 0.524. The summed E-state index contributed by atoms with van der Waals surface area (Å²) in [4.78, 5) is 19.0. The number of rotatable bonds is 50. The zero-order chi connectivity index (χ0) is 56.7. The standard InChI is InChI=1S/2C36H62N4.4ClH/c2*1-3-5-7-9-15-19-27-37-35-23-31-39(32-24-35)29-21-17-13-11-12-14-18-22-30-40-33-25-36(26-34-40)38-28-20-16-10-8-6-4-2;;;;/h2*23-26,31-34H,3-22,27-30H2,1-2H3;4*1H. The Bertz CT molecular complexity index is 1880. The van der Waals surface area contributed by atoms with Crippen LogP contribution in [0.5, 0.6) is 0 Å². The van der Waals surface area contributed by atoms with Crippen molar-refractivity contribution in [2.24, 2.45) is 20.0 Å². The summed E-state index contributed by atoms with van der Waals surface area (Å²) in [6, 6.07) is 17.4. The first kappa shape index (κ1) is 83.0. The Morgan fingerprint density at radius 1 is 0.202 bits per heavy atom. The lowest BCUT2D eigenvalue weighted by Gasteiger charge is -2.07. The number of nitrogens with zero attached hydrogens (tertiary/aromatic N) is 8. The van der Waals surface area contributed by atoms with E-state index in [4.69, 9.17) is 20.0 Å². The van der Waals surface area contributed by atoms with E-state index in [0.29, 0.717) is 0 Å². The van der Waals surface area contributed by atoms with E-state index in [9.17, 15) is 0 Å². The van der Waals surface area contributed by atoms with Crippen molar-refractivity contribution < 1.29 is 0 Å². The Kier molecular flexibility index (Phi) is 62.3. The molecule has 0 atom stereocenters. The lowest BCUT2D eigenvalue weighted by Crippen LogP contribution is -2.06. The Labute approximate surface area is 540 Å². The molecule has 8 nitrogen and oxygen atoms in total. The van der Waals surface area contributed by atoms with Crippen LogP contribution < -0.4 is 21.4 Å². The molecule has 12 heteroatoms. The van der Waals surface area contributed by atoms with Gasteiger partial charge in [-0.25, -0.2) is 0 Å². The first-order valence-corrected chi connectivity index (χ1v) is 34.3. The summed E-state index contributed by atoms with van der Waals surface area (Å²) in [5, 5.41) is 4.54. The number of pyridine rings is 4. The molecule has 0 aliphatic carbocycles. The highest BCUT2D eigenvalue weighted by Gasteiger charge is 1.99. The largest absolute Gasteiger partial charge is 0.354 e. The zero-order valence-corrected chi connectivity index (χ0v) is 57.7. The van der Waals surface area contributed by atoms with Crippen LogP contribution in [-0.2, 0) is 26.2 Å². The first-order valence-electron chi connectivity index (χ1n) is 34.3. The third-order valence-corrected chi connectivity index (χ3v) is 15.9. The first-order chi connectivity index (χ1) is 39.6. The molecule has 84 heavy (non-hydrogen) atoms. The van der Waals surface area contributed by atoms with Crippen LogP contribution in [0.3, 0.4) is 0 Å². The highest BCUT2D eigenvalue weighted by atomic mass is 35.5. The van der Waals surface area contributed by atoms with Crippen LogP contribution in [0.25, 0.3) is 0 Å². The molecule has 0 spiro atoms. The molecule has 0 aliphatic rings. The summed E-state index contributed by atoms with van der Waals surface area (Å²) in [5.41, 5.74) is 0. The predicted octanol–water partition coefficient (Wildman–Crippen LogP) is 21.0. The lowest BCUT2D eigenvalue weighted by atomic mass is 10.1. The van der Waals surface area contributed by atoms with Gasteiger partial charge in [-0.15, -0.1) is 49.6 Å². The van der Waals surface area contributed by atoms with Crippen LogP contribution >= 0.6 is 49.6 Å². The van der Waals surface area contributed by atoms with Crippen molar-refractivity contribution in [1.29, 1.82) is 0 Å². The monoisotopic (exact) mass is 1240 g/mol. The van der Waals surface area contributed by atoms with E-state index >= 15 is 0 Å². The topological polar surface area (TPSA) is 69.2 Å². The van der Waals surface area contributed by atoms with Crippen molar-refractivity contribution in [2.75, 3.05) is 26.2 Å². The van der Waals surface area contributed by atoms with Gasteiger partial charge in [0.25, 0.3) is 0 Å². The summed E-state index contributed by atoms with van der Waals surface area (Å²) in [5.74, 6) is 0. The van der Waals surface area contributed by atoms with Gasteiger partial charge in [-0.3, -0.25) is 20.0 Å². The van der Waals surface area contributed by atoms with E-state index in [1.807, 2.05) is 0 Å². The molecule has 4 aromatic rings. The van der Waals surface area contributed by atoms with Crippen molar-refractivity contribution in [3.8, 4) is 0 Å². The fourth-order valence-electron chi connectivity index (χ4n) is 10.5.